The number of rotatable bonds is 3. The van der Waals surface area contributed by atoms with Gasteiger partial charge in [-0.15, -0.1) is 0 Å². The molecule has 0 N–H and O–H groups in total. The number of pyridine rings is 1. The lowest BCUT2D eigenvalue weighted by atomic mass is 9.95. The molecule has 0 bridgehead atoms. The first-order chi connectivity index (χ1) is 9.28. The van der Waals surface area contributed by atoms with E-state index in [4.69, 9.17) is 0 Å². The van der Waals surface area contributed by atoms with Gasteiger partial charge in [0.2, 0.25) is 0 Å². The predicted molar refractivity (Wildman–Crippen MR) is 78.5 cm³/mol. The lowest BCUT2D eigenvalue weighted by Gasteiger charge is -2.31. The van der Waals surface area contributed by atoms with Crippen LogP contribution in [0.5, 0.6) is 0 Å². The average Bonchev–Trinajstić information content (AvgIpc) is 2.77. The zero-order valence-corrected chi connectivity index (χ0v) is 12.0. The van der Waals surface area contributed by atoms with Gasteiger partial charge in [0.15, 0.2) is 0 Å². The van der Waals surface area contributed by atoms with Gasteiger partial charge in [-0.25, -0.2) is 8.94 Å². The van der Waals surface area contributed by atoms with Crippen molar-refractivity contribution in [3.05, 3.63) is 28.7 Å². The molecule has 3 heterocycles. The molecule has 0 atom stereocenters. The van der Waals surface area contributed by atoms with Crippen LogP contribution >= 0.6 is 11.5 Å². The molecule has 0 aliphatic carbocycles. The molecule has 5 heteroatoms. The molecular weight excluding hydrogens is 258 g/mol. The highest BCUT2D eigenvalue weighted by Gasteiger charge is 2.19. The maximum absolute atomic E-state index is 12.2. The van der Waals surface area contributed by atoms with E-state index < -0.39 is 0 Å². The largest absolute Gasteiger partial charge is 0.285 e. The van der Waals surface area contributed by atoms with Gasteiger partial charge in [0.05, 0.1) is 12.1 Å². The zero-order chi connectivity index (χ0) is 13.2. The summed E-state index contributed by atoms with van der Waals surface area (Å²) < 4.78 is 1.84. The van der Waals surface area contributed by atoms with Crippen LogP contribution in [-0.4, -0.2) is 26.9 Å². The Bertz CT molecular complexity index is 610. The molecule has 19 heavy (non-hydrogen) atoms. The first-order valence-corrected chi connectivity index (χ1v) is 7.72. The Morgan fingerprint density at radius 3 is 2.89 bits per heavy atom. The van der Waals surface area contributed by atoms with Crippen LogP contribution in [0.2, 0.25) is 0 Å². The van der Waals surface area contributed by atoms with Crippen molar-refractivity contribution in [3.63, 3.8) is 0 Å². The Kier molecular flexibility index (Phi) is 3.66. The van der Waals surface area contributed by atoms with Crippen molar-refractivity contribution in [3.8, 4) is 0 Å². The van der Waals surface area contributed by atoms with Crippen molar-refractivity contribution in [1.29, 1.82) is 0 Å². The highest BCUT2D eigenvalue weighted by atomic mass is 32.1. The average molecular weight is 277 g/mol. The zero-order valence-electron chi connectivity index (χ0n) is 11.2. The van der Waals surface area contributed by atoms with Gasteiger partial charge in [-0.3, -0.25) is 9.69 Å². The second-order valence-corrected chi connectivity index (χ2v) is 6.25. The molecule has 3 rings (SSSR count). The first kappa shape index (κ1) is 12.8. The summed E-state index contributed by atoms with van der Waals surface area (Å²) in [5, 5.41) is 0.746. The number of fused-ring (bicyclic) bond motifs is 1. The molecule has 0 saturated carbocycles. The van der Waals surface area contributed by atoms with E-state index in [2.05, 4.69) is 16.8 Å². The molecule has 2 aromatic rings. The van der Waals surface area contributed by atoms with Gasteiger partial charge in [-0.1, -0.05) is 13.3 Å². The van der Waals surface area contributed by atoms with Crippen LogP contribution in [0.1, 0.15) is 26.2 Å². The van der Waals surface area contributed by atoms with Gasteiger partial charge in [0, 0.05) is 19.3 Å². The Hall–Kier alpha value is -1.20. The topological polar surface area (TPSA) is 38.1 Å². The molecule has 102 valence electrons. The molecule has 1 saturated heterocycles. The first-order valence-electron chi connectivity index (χ1n) is 6.95. The summed E-state index contributed by atoms with van der Waals surface area (Å²) in [6.45, 7) is 5.19. The third kappa shape index (κ3) is 2.58. The summed E-state index contributed by atoms with van der Waals surface area (Å²) >= 11 is 1.48. The van der Waals surface area contributed by atoms with E-state index in [0.29, 0.717) is 0 Å². The number of nitrogens with zero attached hydrogens (tertiary/aromatic N) is 3. The van der Waals surface area contributed by atoms with Crippen molar-refractivity contribution >= 4 is 21.7 Å². The van der Waals surface area contributed by atoms with E-state index in [1.165, 1.54) is 30.8 Å². The lowest BCUT2D eigenvalue weighted by molar-refractivity contribution is 0.150. The summed E-state index contributed by atoms with van der Waals surface area (Å²) in [5.41, 5.74) is 0.103. The molecule has 1 fully saturated rings. The van der Waals surface area contributed by atoms with Gasteiger partial charge >= 0.3 is 0 Å². The lowest BCUT2D eigenvalue weighted by Crippen LogP contribution is -2.36. The SMILES string of the molecule is CCC1CCN(Cn2sc3ncccc3c2=O)CC1. The molecule has 0 unspecified atom stereocenters. The van der Waals surface area contributed by atoms with Crippen molar-refractivity contribution in [1.82, 2.24) is 13.8 Å². The minimum absolute atomic E-state index is 0.103. The van der Waals surface area contributed by atoms with Crippen LogP contribution in [0.25, 0.3) is 10.2 Å². The Morgan fingerprint density at radius 1 is 1.42 bits per heavy atom. The van der Waals surface area contributed by atoms with Gasteiger partial charge in [-0.2, -0.15) is 0 Å². The van der Waals surface area contributed by atoms with E-state index in [0.717, 1.165) is 35.9 Å². The molecule has 1 aliphatic rings. The summed E-state index contributed by atoms with van der Waals surface area (Å²) in [6.07, 6.45) is 5.54. The van der Waals surface area contributed by atoms with E-state index in [-0.39, 0.29) is 5.56 Å². The number of aromatic nitrogens is 2. The maximum atomic E-state index is 12.2. The normalized spacial score (nSPS) is 18.2. The summed E-state index contributed by atoms with van der Waals surface area (Å²) in [6, 6.07) is 3.69. The molecular formula is C14H19N3OS. The quantitative estimate of drug-likeness (QED) is 0.865. The third-order valence-corrected chi connectivity index (χ3v) is 5.04. The minimum Gasteiger partial charge on any atom is -0.285 e. The fourth-order valence-electron chi connectivity index (χ4n) is 2.72. The smallest absolute Gasteiger partial charge is 0.271 e. The van der Waals surface area contributed by atoms with E-state index in [1.54, 1.807) is 6.20 Å². The minimum atomic E-state index is 0.103. The number of hydrogen-bond acceptors (Lipinski definition) is 4. The summed E-state index contributed by atoms with van der Waals surface area (Å²) in [7, 11) is 0. The molecule has 0 radical (unpaired) electrons. The predicted octanol–water partition coefficient (Wildman–Crippen LogP) is 2.54. The molecule has 0 spiro atoms. The standard InChI is InChI=1S/C14H19N3OS/c1-2-11-5-8-16(9-6-11)10-17-14(18)12-4-3-7-15-13(12)19-17/h3-4,7,11H,2,5-6,8-10H2,1H3. The van der Waals surface area contributed by atoms with Crippen molar-refractivity contribution < 1.29 is 0 Å². The molecule has 0 aromatic carbocycles. The van der Waals surface area contributed by atoms with Crippen LogP contribution in [0.4, 0.5) is 0 Å². The Balaban J connectivity index is 1.75. The van der Waals surface area contributed by atoms with Gasteiger partial charge < -0.3 is 0 Å². The second kappa shape index (κ2) is 5.43. The van der Waals surface area contributed by atoms with E-state index in [9.17, 15) is 4.79 Å². The molecule has 2 aromatic heterocycles. The number of likely N-dealkylation sites (tertiary alicyclic amines) is 1. The van der Waals surface area contributed by atoms with Crippen molar-refractivity contribution in [2.24, 2.45) is 5.92 Å². The van der Waals surface area contributed by atoms with Gasteiger partial charge in [-0.05, 0) is 42.4 Å². The Labute approximate surface area is 116 Å². The number of piperidine rings is 1. The molecule has 4 nitrogen and oxygen atoms in total. The van der Waals surface area contributed by atoms with Crippen molar-refractivity contribution in [2.45, 2.75) is 32.9 Å². The fraction of sp³-hybridized carbons (Fsp3) is 0.571. The Morgan fingerprint density at radius 2 is 2.21 bits per heavy atom. The summed E-state index contributed by atoms with van der Waals surface area (Å²) in [5.74, 6) is 0.872. The van der Waals surface area contributed by atoms with Gasteiger partial charge in [0.25, 0.3) is 5.56 Å². The summed E-state index contributed by atoms with van der Waals surface area (Å²) in [4.78, 5) is 19.7. The highest BCUT2D eigenvalue weighted by Crippen LogP contribution is 2.21. The molecule has 1 aliphatic heterocycles. The molecule has 0 amide bonds. The number of hydrogen-bond donors (Lipinski definition) is 0. The maximum Gasteiger partial charge on any atom is 0.271 e. The van der Waals surface area contributed by atoms with Gasteiger partial charge in [0.1, 0.15) is 4.83 Å². The van der Waals surface area contributed by atoms with Crippen LogP contribution in [-0.2, 0) is 6.67 Å². The van der Waals surface area contributed by atoms with Crippen LogP contribution in [0.15, 0.2) is 23.1 Å². The van der Waals surface area contributed by atoms with E-state index >= 15 is 0 Å². The second-order valence-electron chi connectivity index (χ2n) is 5.24. The monoisotopic (exact) mass is 277 g/mol. The highest BCUT2D eigenvalue weighted by molar-refractivity contribution is 7.13. The third-order valence-electron chi connectivity index (χ3n) is 4.04. The van der Waals surface area contributed by atoms with Crippen molar-refractivity contribution in [2.75, 3.05) is 13.1 Å². The van der Waals surface area contributed by atoms with Crippen LogP contribution in [0.3, 0.4) is 0 Å². The fourth-order valence-corrected chi connectivity index (χ4v) is 3.69. The van der Waals surface area contributed by atoms with E-state index in [1.807, 2.05) is 16.1 Å². The van der Waals surface area contributed by atoms with Crippen LogP contribution in [0, 0.1) is 5.92 Å². The van der Waals surface area contributed by atoms with Crippen LogP contribution < -0.4 is 5.56 Å².